The van der Waals surface area contributed by atoms with E-state index >= 15 is 0 Å². The van der Waals surface area contributed by atoms with Gasteiger partial charge in [0, 0.05) is 62.9 Å². The fourth-order valence-electron chi connectivity index (χ4n) is 3.02. The molecule has 2 aliphatic rings. The van der Waals surface area contributed by atoms with Crippen LogP contribution in [0.15, 0.2) is 0 Å². The van der Waals surface area contributed by atoms with Gasteiger partial charge in [0.25, 0.3) is 0 Å². The number of nitrogens with one attached hydrogen (secondary N) is 1. The normalized spacial score (nSPS) is 22.8. The van der Waals surface area contributed by atoms with Gasteiger partial charge in [-0.1, -0.05) is 27.7 Å². The van der Waals surface area contributed by atoms with Crippen molar-refractivity contribution >= 4 is 0 Å². The summed E-state index contributed by atoms with van der Waals surface area (Å²) in [6.45, 7) is 32.4. The zero-order chi connectivity index (χ0) is 21.0. The van der Waals surface area contributed by atoms with Crippen molar-refractivity contribution in [2.24, 2.45) is 0 Å². The highest BCUT2D eigenvalue weighted by Crippen LogP contribution is 2.15. The van der Waals surface area contributed by atoms with Gasteiger partial charge in [-0.15, -0.1) is 0 Å². The molecule has 1 N–H and O–H groups in total. The molecule has 160 valence electrons. The summed E-state index contributed by atoms with van der Waals surface area (Å²) in [5.74, 6) is 0. The van der Waals surface area contributed by atoms with Crippen molar-refractivity contribution in [2.75, 3.05) is 52.9 Å². The molecule has 0 aromatic rings. The summed E-state index contributed by atoms with van der Waals surface area (Å²) >= 11 is 0. The number of hydrogen-bond donors (Lipinski definition) is 1. The van der Waals surface area contributed by atoms with Gasteiger partial charge in [0.05, 0.1) is 0 Å². The molecular weight excluding hydrogens is 320 g/mol. The largest absolute Gasteiger partial charge is 0.312 e. The highest BCUT2D eigenvalue weighted by Gasteiger charge is 2.25. The SMILES string of the molecule is CC.CC.CC1CN(C(C)(C)C)CCN1.CN1CCN(C(C)(C)C)CC1. The standard InChI is InChI=1S/2C9H20N2.2C2H6/c1-9(2,3)11-7-5-10(4)6-8-11;1-8-7-11(6-5-10-8)9(2,3)4;2*1-2/h5-8H2,1-4H3;8,10H,5-7H2,1-4H3;2*1-2H3. The van der Waals surface area contributed by atoms with E-state index in [1.807, 2.05) is 27.7 Å². The first kappa shape index (κ1) is 28.1. The molecule has 2 rings (SSSR count). The summed E-state index contributed by atoms with van der Waals surface area (Å²) in [4.78, 5) is 7.48. The van der Waals surface area contributed by atoms with Crippen LogP contribution in [0.25, 0.3) is 0 Å². The molecule has 1 unspecified atom stereocenters. The Labute approximate surface area is 166 Å². The first-order valence-corrected chi connectivity index (χ1v) is 10.9. The van der Waals surface area contributed by atoms with Crippen LogP contribution in [0.5, 0.6) is 0 Å². The second-order valence-electron chi connectivity index (χ2n) is 8.93. The Morgan fingerprint density at radius 1 is 0.692 bits per heavy atom. The first-order chi connectivity index (χ1) is 12.0. The van der Waals surface area contributed by atoms with E-state index in [0.29, 0.717) is 17.1 Å². The van der Waals surface area contributed by atoms with Crippen molar-refractivity contribution in [1.82, 2.24) is 20.0 Å². The third-order valence-electron chi connectivity index (χ3n) is 4.77. The molecule has 0 spiro atoms. The van der Waals surface area contributed by atoms with E-state index in [4.69, 9.17) is 0 Å². The minimum Gasteiger partial charge on any atom is -0.312 e. The zero-order valence-corrected chi connectivity index (χ0v) is 20.4. The van der Waals surface area contributed by atoms with Crippen LogP contribution < -0.4 is 5.32 Å². The van der Waals surface area contributed by atoms with E-state index in [1.54, 1.807) is 0 Å². The van der Waals surface area contributed by atoms with Crippen LogP contribution in [0, 0.1) is 0 Å². The van der Waals surface area contributed by atoms with Gasteiger partial charge < -0.3 is 10.2 Å². The lowest BCUT2D eigenvalue weighted by Gasteiger charge is -2.41. The van der Waals surface area contributed by atoms with Crippen molar-refractivity contribution in [3.8, 4) is 0 Å². The molecule has 4 nitrogen and oxygen atoms in total. The summed E-state index contributed by atoms with van der Waals surface area (Å²) in [5.41, 5.74) is 0.706. The monoisotopic (exact) mass is 372 g/mol. The lowest BCUT2D eigenvalue weighted by Crippen LogP contribution is -2.55. The van der Waals surface area contributed by atoms with Crippen molar-refractivity contribution in [1.29, 1.82) is 0 Å². The predicted molar refractivity (Wildman–Crippen MR) is 120 cm³/mol. The van der Waals surface area contributed by atoms with E-state index < -0.39 is 0 Å². The Hall–Kier alpha value is -0.160. The van der Waals surface area contributed by atoms with Crippen LogP contribution in [0.4, 0.5) is 0 Å². The van der Waals surface area contributed by atoms with Gasteiger partial charge >= 0.3 is 0 Å². The molecule has 0 radical (unpaired) electrons. The molecular formula is C22H52N4. The molecule has 4 heteroatoms. The summed E-state index contributed by atoms with van der Waals surface area (Å²) < 4.78 is 0. The van der Waals surface area contributed by atoms with Crippen LogP contribution in [0.1, 0.15) is 76.2 Å². The quantitative estimate of drug-likeness (QED) is 0.689. The minimum absolute atomic E-state index is 0.344. The highest BCUT2D eigenvalue weighted by molar-refractivity contribution is 4.83. The predicted octanol–water partition coefficient (Wildman–Crippen LogP) is 4.16. The van der Waals surface area contributed by atoms with E-state index in [-0.39, 0.29) is 0 Å². The molecule has 0 aromatic carbocycles. The Bertz CT molecular complexity index is 309. The van der Waals surface area contributed by atoms with Gasteiger partial charge in [-0.3, -0.25) is 9.80 Å². The Morgan fingerprint density at radius 3 is 1.42 bits per heavy atom. The van der Waals surface area contributed by atoms with Crippen LogP contribution in [0.2, 0.25) is 0 Å². The Kier molecular flexibility index (Phi) is 15.0. The molecule has 0 saturated carbocycles. The van der Waals surface area contributed by atoms with Crippen LogP contribution in [-0.4, -0.2) is 84.7 Å². The minimum atomic E-state index is 0.344. The number of nitrogens with zero attached hydrogens (tertiary/aromatic N) is 3. The van der Waals surface area contributed by atoms with Gasteiger partial charge in [-0.25, -0.2) is 0 Å². The molecule has 2 aliphatic heterocycles. The second-order valence-corrected chi connectivity index (χ2v) is 8.93. The van der Waals surface area contributed by atoms with E-state index in [2.05, 4.69) is 75.5 Å². The fourth-order valence-corrected chi connectivity index (χ4v) is 3.02. The zero-order valence-electron chi connectivity index (χ0n) is 20.4. The summed E-state index contributed by atoms with van der Waals surface area (Å²) in [6.07, 6.45) is 0. The maximum atomic E-state index is 3.44. The van der Waals surface area contributed by atoms with E-state index in [0.717, 1.165) is 6.54 Å². The topological polar surface area (TPSA) is 21.8 Å². The molecule has 0 bridgehead atoms. The molecule has 0 aliphatic carbocycles. The summed E-state index contributed by atoms with van der Waals surface area (Å²) in [6, 6.07) is 0.656. The molecule has 26 heavy (non-hydrogen) atoms. The molecule has 2 heterocycles. The fraction of sp³-hybridized carbons (Fsp3) is 1.00. The average Bonchev–Trinajstić information content (AvgIpc) is 2.58. The maximum absolute atomic E-state index is 3.44. The summed E-state index contributed by atoms with van der Waals surface area (Å²) in [7, 11) is 2.19. The van der Waals surface area contributed by atoms with E-state index in [9.17, 15) is 0 Å². The van der Waals surface area contributed by atoms with Gasteiger partial charge in [0.2, 0.25) is 0 Å². The molecule has 1 atom stereocenters. The summed E-state index contributed by atoms with van der Waals surface area (Å²) in [5, 5.41) is 3.44. The van der Waals surface area contributed by atoms with Gasteiger partial charge in [-0.05, 0) is 55.5 Å². The Balaban J connectivity index is 0. The van der Waals surface area contributed by atoms with Crippen LogP contribution >= 0.6 is 0 Å². The van der Waals surface area contributed by atoms with E-state index in [1.165, 1.54) is 39.3 Å². The Morgan fingerprint density at radius 2 is 1.12 bits per heavy atom. The molecule has 2 saturated heterocycles. The molecule has 0 amide bonds. The number of piperazine rings is 2. The number of likely N-dealkylation sites (N-methyl/N-ethyl adjacent to an activating group) is 1. The van der Waals surface area contributed by atoms with Crippen molar-refractivity contribution in [2.45, 2.75) is 93.3 Å². The van der Waals surface area contributed by atoms with Crippen LogP contribution in [-0.2, 0) is 0 Å². The van der Waals surface area contributed by atoms with Crippen molar-refractivity contribution < 1.29 is 0 Å². The molecule has 2 fully saturated rings. The first-order valence-electron chi connectivity index (χ1n) is 10.9. The van der Waals surface area contributed by atoms with Crippen molar-refractivity contribution in [3.63, 3.8) is 0 Å². The molecule has 0 aromatic heterocycles. The third-order valence-corrected chi connectivity index (χ3v) is 4.77. The number of rotatable bonds is 0. The highest BCUT2D eigenvalue weighted by atomic mass is 15.3. The van der Waals surface area contributed by atoms with Gasteiger partial charge in [0.1, 0.15) is 0 Å². The lowest BCUT2D eigenvalue weighted by atomic mass is 10.0. The average molecular weight is 373 g/mol. The third kappa shape index (κ3) is 12.3. The maximum Gasteiger partial charge on any atom is 0.0167 e. The van der Waals surface area contributed by atoms with Gasteiger partial charge in [0.15, 0.2) is 0 Å². The van der Waals surface area contributed by atoms with Crippen molar-refractivity contribution in [3.05, 3.63) is 0 Å². The lowest BCUT2D eigenvalue weighted by molar-refractivity contribution is 0.0735. The van der Waals surface area contributed by atoms with Crippen LogP contribution in [0.3, 0.4) is 0 Å². The smallest absolute Gasteiger partial charge is 0.0167 e. The van der Waals surface area contributed by atoms with Gasteiger partial charge in [-0.2, -0.15) is 0 Å². The number of hydrogen-bond acceptors (Lipinski definition) is 4. The second kappa shape index (κ2) is 13.9.